The molecular weight excluding hydrogens is 298 g/mol. The Bertz CT molecular complexity index is 416. The normalized spacial score (nSPS) is 16.1. The zero-order chi connectivity index (χ0) is 12.3. The van der Waals surface area contributed by atoms with Crippen LogP contribution in [0.5, 0.6) is 5.75 Å². The van der Waals surface area contributed by atoms with E-state index in [1.807, 2.05) is 18.2 Å². The average molecular weight is 314 g/mol. The summed E-state index contributed by atoms with van der Waals surface area (Å²) in [4.78, 5) is 0.388. The van der Waals surface area contributed by atoms with Gasteiger partial charge in [0, 0.05) is 4.47 Å². The minimum Gasteiger partial charge on any atom is -0.493 e. The van der Waals surface area contributed by atoms with Crippen LogP contribution in [0.3, 0.4) is 0 Å². The molecule has 1 fully saturated rings. The second kappa shape index (κ2) is 5.83. The van der Waals surface area contributed by atoms with Crippen molar-refractivity contribution in [2.45, 2.75) is 25.7 Å². The van der Waals surface area contributed by atoms with Crippen molar-refractivity contribution in [3.63, 3.8) is 0 Å². The summed E-state index contributed by atoms with van der Waals surface area (Å²) in [7, 11) is 0. The lowest BCUT2D eigenvalue weighted by Crippen LogP contribution is -2.14. The van der Waals surface area contributed by atoms with E-state index in [4.69, 9.17) is 22.7 Å². The molecule has 2 nitrogen and oxygen atoms in total. The smallest absolute Gasteiger partial charge is 0.130 e. The van der Waals surface area contributed by atoms with Crippen LogP contribution in [-0.2, 0) is 0 Å². The van der Waals surface area contributed by atoms with Crippen molar-refractivity contribution in [3.8, 4) is 5.75 Å². The number of ether oxygens (including phenoxy) is 1. The van der Waals surface area contributed by atoms with Crippen molar-refractivity contribution < 1.29 is 4.74 Å². The number of rotatable bonds is 4. The third-order valence-electron chi connectivity index (χ3n) is 3.16. The van der Waals surface area contributed by atoms with Crippen LogP contribution in [0, 0.1) is 5.92 Å². The number of thiocarbonyl (C=S) groups is 1. The van der Waals surface area contributed by atoms with Crippen molar-refractivity contribution in [3.05, 3.63) is 28.2 Å². The van der Waals surface area contributed by atoms with Crippen molar-refractivity contribution in [1.29, 1.82) is 0 Å². The zero-order valence-corrected chi connectivity index (χ0v) is 12.0. The van der Waals surface area contributed by atoms with Gasteiger partial charge in [-0.05, 0) is 37.0 Å². The number of benzene rings is 1. The first-order chi connectivity index (χ1) is 8.16. The molecule has 1 aromatic carbocycles. The van der Waals surface area contributed by atoms with Crippen LogP contribution >= 0.6 is 28.1 Å². The van der Waals surface area contributed by atoms with Crippen molar-refractivity contribution >= 4 is 33.1 Å². The molecule has 2 rings (SSSR count). The quantitative estimate of drug-likeness (QED) is 0.862. The Morgan fingerprint density at radius 2 is 2.12 bits per heavy atom. The predicted octanol–water partition coefficient (Wildman–Crippen LogP) is 3.65. The Labute approximate surface area is 116 Å². The van der Waals surface area contributed by atoms with Crippen LogP contribution in [0.2, 0.25) is 0 Å². The molecule has 0 unspecified atom stereocenters. The van der Waals surface area contributed by atoms with Gasteiger partial charge in [-0.2, -0.15) is 0 Å². The second-order valence-electron chi connectivity index (χ2n) is 4.47. The second-order valence-corrected chi connectivity index (χ2v) is 5.82. The fourth-order valence-corrected chi connectivity index (χ4v) is 2.71. The van der Waals surface area contributed by atoms with Gasteiger partial charge in [0.05, 0.1) is 12.2 Å². The molecule has 1 aliphatic rings. The van der Waals surface area contributed by atoms with Gasteiger partial charge in [0.25, 0.3) is 0 Å². The van der Waals surface area contributed by atoms with E-state index in [0.717, 1.165) is 22.4 Å². The molecule has 0 atom stereocenters. The Kier molecular flexibility index (Phi) is 4.40. The molecule has 4 heteroatoms. The molecular formula is C13H16BrNOS. The van der Waals surface area contributed by atoms with Crippen molar-refractivity contribution in [1.82, 2.24) is 0 Å². The molecule has 0 aromatic heterocycles. The van der Waals surface area contributed by atoms with E-state index in [2.05, 4.69) is 15.9 Å². The first-order valence-electron chi connectivity index (χ1n) is 5.89. The SMILES string of the molecule is NC(=S)c1ccc(Br)cc1OCC1CCCC1. The first-order valence-corrected chi connectivity index (χ1v) is 7.09. The van der Waals surface area contributed by atoms with Crippen LogP contribution in [0.4, 0.5) is 0 Å². The maximum Gasteiger partial charge on any atom is 0.130 e. The molecule has 0 aliphatic heterocycles. The number of hydrogen-bond donors (Lipinski definition) is 1. The predicted molar refractivity (Wildman–Crippen MR) is 77.5 cm³/mol. The maximum absolute atomic E-state index is 5.87. The molecule has 0 saturated heterocycles. The molecule has 1 saturated carbocycles. The molecule has 17 heavy (non-hydrogen) atoms. The largest absolute Gasteiger partial charge is 0.493 e. The summed E-state index contributed by atoms with van der Waals surface area (Å²) in [6.07, 6.45) is 5.20. The van der Waals surface area contributed by atoms with E-state index in [-0.39, 0.29) is 0 Å². The highest BCUT2D eigenvalue weighted by molar-refractivity contribution is 9.10. The summed E-state index contributed by atoms with van der Waals surface area (Å²) < 4.78 is 6.85. The van der Waals surface area contributed by atoms with Gasteiger partial charge in [-0.3, -0.25) is 0 Å². The molecule has 2 N–H and O–H groups in total. The summed E-state index contributed by atoms with van der Waals surface area (Å²) in [6.45, 7) is 0.770. The monoisotopic (exact) mass is 313 g/mol. The van der Waals surface area contributed by atoms with Gasteiger partial charge in [-0.25, -0.2) is 0 Å². The highest BCUT2D eigenvalue weighted by Gasteiger charge is 2.16. The van der Waals surface area contributed by atoms with Crippen molar-refractivity contribution in [2.24, 2.45) is 11.7 Å². The third-order valence-corrected chi connectivity index (χ3v) is 3.87. The van der Waals surface area contributed by atoms with Crippen LogP contribution < -0.4 is 10.5 Å². The van der Waals surface area contributed by atoms with Crippen LogP contribution in [0.25, 0.3) is 0 Å². The summed E-state index contributed by atoms with van der Waals surface area (Å²) in [5.41, 5.74) is 6.51. The number of hydrogen-bond acceptors (Lipinski definition) is 2. The average Bonchev–Trinajstić information content (AvgIpc) is 2.78. The van der Waals surface area contributed by atoms with Gasteiger partial charge in [0.15, 0.2) is 0 Å². The minimum absolute atomic E-state index is 0.388. The van der Waals surface area contributed by atoms with Gasteiger partial charge in [0.1, 0.15) is 10.7 Å². The van der Waals surface area contributed by atoms with Crippen LogP contribution in [-0.4, -0.2) is 11.6 Å². The van der Waals surface area contributed by atoms with Gasteiger partial charge in [0.2, 0.25) is 0 Å². The van der Waals surface area contributed by atoms with E-state index >= 15 is 0 Å². The Hall–Kier alpha value is -0.610. The van der Waals surface area contributed by atoms with Gasteiger partial charge in [-0.15, -0.1) is 0 Å². The zero-order valence-electron chi connectivity index (χ0n) is 9.62. The summed E-state index contributed by atoms with van der Waals surface area (Å²) in [5, 5.41) is 0. The molecule has 1 aromatic rings. The maximum atomic E-state index is 5.87. The van der Waals surface area contributed by atoms with Gasteiger partial charge in [-0.1, -0.05) is 41.0 Å². The van der Waals surface area contributed by atoms with Crippen LogP contribution in [0.1, 0.15) is 31.2 Å². The Morgan fingerprint density at radius 1 is 1.41 bits per heavy atom. The fourth-order valence-electron chi connectivity index (χ4n) is 2.20. The first kappa shape index (κ1) is 12.8. The molecule has 1 aliphatic carbocycles. The number of halogens is 1. The van der Waals surface area contributed by atoms with E-state index in [0.29, 0.717) is 10.9 Å². The summed E-state index contributed by atoms with van der Waals surface area (Å²) in [6, 6.07) is 5.76. The molecule has 0 heterocycles. The lowest BCUT2D eigenvalue weighted by Gasteiger charge is -2.14. The molecule has 0 bridgehead atoms. The molecule has 92 valence electrons. The molecule has 0 spiro atoms. The lowest BCUT2D eigenvalue weighted by atomic mass is 10.1. The summed E-state index contributed by atoms with van der Waals surface area (Å²) in [5.74, 6) is 1.48. The highest BCUT2D eigenvalue weighted by Crippen LogP contribution is 2.28. The van der Waals surface area contributed by atoms with E-state index in [1.165, 1.54) is 25.7 Å². The Balaban J connectivity index is 2.07. The topological polar surface area (TPSA) is 35.2 Å². The van der Waals surface area contributed by atoms with E-state index < -0.39 is 0 Å². The van der Waals surface area contributed by atoms with Crippen LogP contribution in [0.15, 0.2) is 22.7 Å². The van der Waals surface area contributed by atoms with Gasteiger partial charge < -0.3 is 10.5 Å². The Morgan fingerprint density at radius 3 is 2.76 bits per heavy atom. The lowest BCUT2D eigenvalue weighted by molar-refractivity contribution is 0.251. The highest BCUT2D eigenvalue weighted by atomic mass is 79.9. The van der Waals surface area contributed by atoms with Gasteiger partial charge >= 0.3 is 0 Å². The molecule has 0 radical (unpaired) electrons. The minimum atomic E-state index is 0.388. The summed E-state index contributed by atoms with van der Waals surface area (Å²) >= 11 is 8.46. The third kappa shape index (κ3) is 3.42. The fraction of sp³-hybridized carbons (Fsp3) is 0.462. The molecule has 0 amide bonds. The standard InChI is InChI=1S/C13H16BrNOS/c14-10-5-6-11(13(15)17)12(7-10)16-8-9-3-1-2-4-9/h5-7,9H,1-4,8H2,(H2,15,17). The van der Waals surface area contributed by atoms with Crippen molar-refractivity contribution in [2.75, 3.05) is 6.61 Å². The van der Waals surface area contributed by atoms with E-state index in [1.54, 1.807) is 0 Å². The van der Waals surface area contributed by atoms with E-state index in [9.17, 15) is 0 Å². The number of nitrogens with two attached hydrogens (primary N) is 1.